The molecule has 0 bridgehead atoms. The van der Waals surface area contributed by atoms with Gasteiger partial charge in [-0.05, 0) is 43.4 Å². The van der Waals surface area contributed by atoms with Crippen molar-refractivity contribution < 1.29 is 4.74 Å². The van der Waals surface area contributed by atoms with Crippen LogP contribution in [0, 0.1) is 11.3 Å². The SMILES string of the molecule is CC(C)Oc1ccc(C2CC(Br)=CS2)cc1C#N. The van der Waals surface area contributed by atoms with E-state index in [0.29, 0.717) is 16.6 Å². The quantitative estimate of drug-likeness (QED) is 0.804. The van der Waals surface area contributed by atoms with Crippen LogP contribution in [0.4, 0.5) is 0 Å². The van der Waals surface area contributed by atoms with E-state index in [-0.39, 0.29) is 6.10 Å². The molecule has 1 heterocycles. The number of allylic oxidation sites excluding steroid dienone is 1. The highest BCUT2D eigenvalue weighted by Crippen LogP contribution is 2.44. The lowest BCUT2D eigenvalue weighted by molar-refractivity contribution is 0.241. The molecule has 0 saturated heterocycles. The first-order valence-electron chi connectivity index (χ1n) is 5.81. The average molecular weight is 324 g/mol. The molecule has 0 N–H and O–H groups in total. The second-order valence-electron chi connectivity index (χ2n) is 4.43. The second-order valence-corrected chi connectivity index (χ2v) is 6.52. The first-order valence-corrected chi connectivity index (χ1v) is 7.54. The van der Waals surface area contributed by atoms with Crippen molar-refractivity contribution in [2.24, 2.45) is 0 Å². The fraction of sp³-hybridized carbons (Fsp3) is 0.357. The number of thioether (sulfide) groups is 1. The minimum absolute atomic E-state index is 0.0830. The molecule has 0 spiro atoms. The van der Waals surface area contributed by atoms with Crippen LogP contribution < -0.4 is 4.74 Å². The maximum absolute atomic E-state index is 9.19. The number of halogens is 1. The molecule has 1 aliphatic heterocycles. The first-order chi connectivity index (χ1) is 8.60. The highest BCUT2D eigenvalue weighted by atomic mass is 79.9. The minimum Gasteiger partial charge on any atom is -0.490 e. The van der Waals surface area contributed by atoms with Crippen LogP contribution in [-0.2, 0) is 0 Å². The maximum atomic E-state index is 9.19. The Bertz CT molecular complexity index is 519. The Labute approximate surface area is 120 Å². The van der Waals surface area contributed by atoms with Crippen LogP contribution in [0.5, 0.6) is 5.75 Å². The molecule has 1 aromatic carbocycles. The van der Waals surface area contributed by atoms with E-state index in [1.807, 2.05) is 26.0 Å². The summed E-state index contributed by atoms with van der Waals surface area (Å²) in [5.74, 6) is 0.672. The van der Waals surface area contributed by atoms with E-state index in [2.05, 4.69) is 33.5 Å². The predicted molar refractivity (Wildman–Crippen MR) is 78.9 cm³/mol. The Balaban J connectivity index is 2.23. The molecule has 1 atom stereocenters. The van der Waals surface area contributed by atoms with Crippen molar-refractivity contribution in [1.29, 1.82) is 5.26 Å². The van der Waals surface area contributed by atoms with E-state index < -0.39 is 0 Å². The highest BCUT2D eigenvalue weighted by molar-refractivity contribution is 9.11. The summed E-state index contributed by atoms with van der Waals surface area (Å²) in [7, 11) is 0. The second kappa shape index (κ2) is 5.81. The Kier molecular flexibility index (Phi) is 4.36. The fourth-order valence-electron chi connectivity index (χ4n) is 1.82. The predicted octanol–water partition coefficient (Wildman–Crippen LogP) is 4.76. The molecule has 18 heavy (non-hydrogen) atoms. The van der Waals surface area contributed by atoms with Gasteiger partial charge in [0.1, 0.15) is 11.8 Å². The van der Waals surface area contributed by atoms with Gasteiger partial charge in [0.15, 0.2) is 0 Å². The smallest absolute Gasteiger partial charge is 0.137 e. The van der Waals surface area contributed by atoms with Crippen molar-refractivity contribution in [3.05, 3.63) is 39.2 Å². The van der Waals surface area contributed by atoms with E-state index in [1.54, 1.807) is 11.8 Å². The molecule has 0 saturated carbocycles. The molecular weight excluding hydrogens is 310 g/mol. The van der Waals surface area contributed by atoms with Crippen LogP contribution in [0.25, 0.3) is 0 Å². The van der Waals surface area contributed by atoms with Gasteiger partial charge in [0.05, 0.1) is 11.7 Å². The highest BCUT2D eigenvalue weighted by Gasteiger charge is 2.19. The molecule has 1 aliphatic rings. The van der Waals surface area contributed by atoms with Gasteiger partial charge in [0, 0.05) is 9.73 Å². The Morgan fingerprint density at radius 1 is 1.50 bits per heavy atom. The third kappa shape index (κ3) is 3.09. The van der Waals surface area contributed by atoms with Crippen LogP contribution in [0.1, 0.15) is 36.6 Å². The molecular formula is C14H14BrNOS. The van der Waals surface area contributed by atoms with Crippen molar-refractivity contribution in [2.45, 2.75) is 31.6 Å². The number of nitriles is 1. The van der Waals surface area contributed by atoms with Gasteiger partial charge in [-0.15, -0.1) is 11.8 Å². The van der Waals surface area contributed by atoms with E-state index in [0.717, 1.165) is 6.42 Å². The monoisotopic (exact) mass is 323 g/mol. The summed E-state index contributed by atoms with van der Waals surface area (Å²) < 4.78 is 6.84. The van der Waals surface area contributed by atoms with Crippen LogP contribution in [0.2, 0.25) is 0 Å². The lowest BCUT2D eigenvalue weighted by Crippen LogP contribution is -2.07. The Hall–Kier alpha value is -0.920. The van der Waals surface area contributed by atoms with Crippen molar-refractivity contribution >= 4 is 27.7 Å². The van der Waals surface area contributed by atoms with E-state index in [9.17, 15) is 5.26 Å². The summed E-state index contributed by atoms with van der Waals surface area (Å²) in [5.41, 5.74) is 1.79. The molecule has 0 fully saturated rings. The largest absolute Gasteiger partial charge is 0.490 e. The van der Waals surface area contributed by atoms with Gasteiger partial charge in [0.25, 0.3) is 0 Å². The van der Waals surface area contributed by atoms with Crippen LogP contribution in [0.3, 0.4) is 0 Å². The van der Waals surface area contributed by atoms with Crippen molar-refractivity contribution in [3.8, 4) is 11.8 Å². The molecule has 0 aliphatic carbocycles. The molecule has 1 aromatic rings. The third-order valence-electron chi connectivity index (χ3n) is 2.60. The van der Waals surface area contributed by atoms with Gasteiger partial charge in [-0.3, -0.25) is 0 Å². The van der Waals surface area contributed by atoms with E-state index in [1.165, 1.54) is 10.0 Å². The van der Waals surface area contributed by atoms with Gasteiger partial charge in [-0.2, -0.15) is 5.26 Å². The van der Waals surface area contributed by atoms with Crippen LogP contribution in [0.15, 0.2) is 28.1 Å². The fourth-order valence-corrected chi connectivity index (χ4v) is 3.67. The van der Waals surface area contributed by atoms with Crippen LogP contribution >= 0.6 is 27.7 Å². The molecule has 1 unspecified atom stereocenters. The Morgan fingerprint density at radius 3 is 2.83 bits per heavy atom. The van der Waals surface area contributed by atoms with Crippen molar-refractivity contribution in [3.63, 3.8) is 0 Å². The number of ether oxygens (including phenoxy) is 1. The van der Waals surface area contributed by atoms with E-state index >= 15 is 0 Å². The van der Waals surface area contributed by atoms with Crippen molar-refractivity contribution in [1.82, 2.24) is 0 Å². The molecule has 94 valence electrons. The number of nitrogens with zero attached hydrogens (tertiary/aromatic N) is 1. The van der Waals surface area contributed by atoms with Gasteiger partial charge in [-0.1, -0.05) is 22.0 Å². The molecule has 2 rings (SSSR count). The summed E-state index contributed by atoms with van der Waals surface area (Å²) >= 11 is 5.29. The van der Waals surface area contributed by atoms with Gasteiger partial charge in [-0.25, -0.2) is 0 Å². The standard InChI is InChI=1S/C14H14BrNOS/c1-9(2)17-13-4-3-10(5-11(13)7-16)14-6-12(15)8-18-14/h3-5,8-9,14H,6H2,1-2H3. The normalized spacial score (nSPS) is 18.6. The summed E-state index contributed by atoms with van der Waals surface area (Å²) in [5, 5.41) is 11.7. The van der Waals surface area contributed by atoms with Crippen molar-refractivity contribution in [2.75, 3.05) is 0 Å². The summed E-state index contributed by atoms with van der Waals surface area (Å²) in [6.45, 7) is 3.92. The first kappa shape index (κ1) is 13.5. The average Bonchev–Trinajstić information content (AvgIpc) is 2.75. The molecule has 4 heteroatoms. The lowest BCUT2D eigenvalue weighted by Gasteiger charge is -2.14. The third-order valence-corrected chi connectivity index (χ3v) is 4.64. The zero-order valence-electron chi connectivity index (χ0n) is 10.3. The van der Waals surface area contributed by atoms with Gasteiger partial charge in [0.2, 0.25) is 0 Å². The zero-order chi connectivity index (χ0) is 13.1. The molecule has 0 aromatic heterocycles. The topological polar surface area (TPSA) is 33.0 Å². The zero-order valence-corrected chi connectivity index (χ0v) is 12.7. The number of hydrogen-bond donors (Lipinski definition) is 0. The summed E-state index contributed by atoms with van der Waals surface area (Å²) in [4.78, 5) is 0. The molecule has 0 radical (unpaired) electrons. The molecule has 2 nitrogen and oxygen atoms in total. The minimum atomic E-state index is 0.0830. The molecule has 0 amide bonds. The van der Waals surface area contributed by atoms with E-state index in [4.69, 9.17) is 4.74 Å². The van der Waals surface area contributed by atoms with Gasteiger partial charge < -0.3 is 4.74 Å². The number of benzene rings is 1. The summed E-state index contributed by atoms with van der Waals surface area (Å²) in [6, 6.07) is 8.11. The Morgan fingerprint density at radius 2 is 2.28 bits per heavy atom. The van der Waals surface area contributed by atoms with Crippen LogP contribution in [-0.4, -0.2) is 6.10 Å². The number of hydrogen-bond acceptors (Lipinski definition) is 3. The van der Waals surface area contributed by atoms with Gasteiger partial charge >= 0.3 is 0 Å². The lowest BCUT2D eigenvalue weighted by atomic mass is 10.1. The maximum Gasteiger partial charge on any atom is 0.137 e. The summed E-state index contributed by atoms with van der Waals surface area (Å²) in [6.07, 6.45) is 1.07. The number of rotatable bonds is 3.